The van der Waals surface area contributed by atoms with E-state index in [1.54, 1.807) is 14.2 Å². The topological polar surface area (TPSA) is 48.3 Å². The van der Waals surface area contributed by atoms with Gasteiger partial charge in [-0.05, 0) is 12.8 Å². The third-order valence-electron chi connectivity index (χ3n) is 2.49. The fraction of sp³-hybridized carbons (Fsp3) is 0.750. The molecule has 0 radical (unpaired) electrons. The molecule has 1 aromatic rings. The summed E-state index contributed by atoms with van der Waals surface area (Å²) >= 11 is 0. The van der Waals surface area contributed by atoms with Crippen molar-refractivity contribution in [1.82, 2.24) is 14.9 Å². The number of aryl methyl sites for hydroxylation is 1. The monoisotopic (exact) mass is 241 g/mol. The van der Waals surface area contributed by atoms with Crippen LogP contribution in [-0.4, -0.2) is 43.5 Å². The van der Waals surface area contributed by atoms with Gasteiger partial charge in [0, 0.05) is 46.7 Å². The Balaban J connectivity index is 2.14. The van der Waals surface area contributed by atoms with Crippen LogP contribution in [0.2, 0.25) is 0 Å². The second-order valence-electron chi connectivity index (χ2n) is 3.97. The second kappa shape index (κ2) is 9.15. The van der Waals surface area contributed by atoms with E-state index < -0.39 is 0 Å². The summed E-state index contributed by atoms with van der Waals surface area (Å²) < 4.78 is 12.1. The SMILES string of the molecule is COCCCCn1cnc(CNCCOC)c1. The largest absolute Gasteiger partial charge is 0.385 e. The molecule has 0 aliphatic carbocycles. The number of hydrogen-bond donors (Lipinski definition) is 1. The number of rotatable bonds is 10. The van der Waals surface area contributed by atoms with Crippen molar-refractivity contribution < 1.29 is 9.47 Å². The lowest BCUT2D eigenvalue weighted by Crippen LogP contribution is -2.18. The molecule has 0 spiro atoms. The quantitative estimate of drug-likeness (QED) is 0.622. The Morgan fingerprint density at radius 3 is 2.82 bits per heavy atom. The lowest BCUT2D eigenvalue weighted by molar-refractivity contribution is 0.191. The predicted molar refractivity (Wildman–Crippen MR) is 66.9 cm³/mol. The van der Waals surface area contributed by atoms with E-state index in [0.29, 0.717) is 0 Å². The van der Waals surface area contributed by atoms with Gasteiger partial charge in [0.05, 0.1) is 18.6 Å². The summed E-state index contributed by atoms with van der Waals surface area (Å²) in [5.41, 5.74) is 1.08. The number of aromatic nitrogens is 2. The molecule has 0 aromatic carbocycles. The Bertz CT molecular complexity index is 263. The number of unbranched alkanes of at least 4 members (excludes halogenated alkanes) is 1. The van der Waals surface area contributed by atoms with Crippen molar-refractivity contribution in [2.45, 2.75) is 25.9 Å². The highest BCUT2D eigenvalue weighted by Gasteiger charge is 1.98. The van der Waals surface area contributed by atoms with Crippen molar-refractivity contribution in [2.75, 3.05) is 34.0 Å². The fourth-order valence-corrected chi connectivity index (χ4v) is 1.55. The third-order valence-corrected chi connectivity index (χ3v) is 2.49. The zero-order valence-electron chi connectivity index (χ0n) is 10.8. The minimum Gasteiger partial charge on any atom is -0.385 e. The molecule has 1 aromatic heterocycles. The maximum Gasteiger partial charge on any atom is 0.0949 e. The van der Waals surface area contributed by atoms with Crippen molar-refractivity contribution in [1.29, 1.82) is 0 Å². The van der Waals surface area contributed by atoms with E-state index in [2.05, 4.69) is 21.1 Å². The van der Waals surface area contributed by atoms with Crippen molar-refractivity contribution >= 4 is 0 Å². The maximum absolute atomic E-state index is 5.01. The van der Waals surface area contributed by atoms with Crippen LogP contribution in [0.15, 0.2) is 12.5 Å². The lowest BCUT2D eigenvalue weighted by atomic mass is 10.3. The summed E-state index contributed by atoms with van der Waals surface area (Å²) in [4.78, 5) is 4.34. The number of hydrogen-bond acceptors (Lipinski definition) is 4. The minimum absolute atomic E-state index is 0.734. The van der Waals surface area contributed by atoms with Gasteiger partial charge in [-0.3, -0.25) is 0 Å². The Kier molecular flexibility index (Phi) is 7.62. The van der Waals surface area contributed by atoms with Crippen molar-refractivity contribution in [2.24, 2.45) is 0 Å². The van der Waals surface area contributed by atoms with Gasteiger partial charge in [0.2, 0.25) is 0 Å². The standard InChI is InChI=1S/C12H23N3O2/c1-16-7-4-3-6-15-10-12(14-11-15)9-13-5-8-17-2/h10-11,13H,3-9H2,1-2H3. The molecular formula is C12H23N3O2. The number of nitrogens with one attached hydrogen (secondary N) is 1. The molecule has 5 nitrogen and oxygen atoms in total. The average molecular weight is 241 g/mol. The summed E-state index contributed by atoms with van der Waals surface area (Å²) in [6.07, 6.45) is 6.20. The van der Waals surface area contributed by atoms with E-state index in [0.717, 1.165) is 51.4 Å². The first kappa shape index (κ1) is 14.2. The second-order valence-corrected chi connectivity index (χ2v) is 3.97. The van der Waals surface area contributed by atoms with Crippen LogP contribution >= 0.6 is 0 Å². The van der Waals surface area contributed by atoms with Crippen LogP contribution in [0.3, 0.4) is 0 Å². The van der Waals surface area contributed by atoms with Gasteiger partial charge in [-0.15, -0.1) is 0 Å². The van der Waals surface area contributed by atoms with E-state index in [-0.39, 0.29) is 0 Å². The molecule has 1 heterocycles. The third kappa shape index (κ3) is 6.41. The Labute approximate surface area is 103 Å². The Hall–Kier alpha value is -0.910. The highest BCUT2D eigenvalue weighted by Crippen LogP contribution is 1.99. The van der Waals surface area contributed by atoms with Crippen LogP contribution in [0.1, 0.15) is 18.5 Å². The van der Waals surface area contributed by atoms with Crippen molar-refractivity contribution in [3.05, 3.63) is 18.2 Å². The summed E-state index contributed by atoms with van der Waals surface area (Å²) in [7, 11) is 3.44. The van der Waals surface area contributed by atoms with Gasteiger partial charge in [-0.1, -0.05) is 0 Å². The summed E-state index contributed by atoms with van der Waals surface area (Å²) in [6, 6.07) is 0. The van der Waals surface area contributed by atoms with E-state index in [1.165, 1.54) is 0 Å². The van der Waals surface area contributed by atoms with E-state index in [4.69, 9.17) is 9.47 Å². The number of methoxy groups -OCH3 is 2. The van der Waals surface area contributed by atoms with Crippen LogP contribution in [0.4, 0.5) is 0 Å². The normalized spacial score (nSPS) is 10.9. The number of imidazole rings is 1. The molecule has 98 valence electrons. The first-order valence-corrected chi connectivity index (χ1v) is 6.06. The van der Waals surface area contributed by atoms with Crippen LogP contribution in [0.25, 0.3) is 0 Å². The molecule has 0 saturated carbocycles. The predicted octanol–water partition coefficient (Wildman–Crippen LogP) is 1.05. The molecule has 0 fully saturated rings. The van der Waals surface area contributed by atoms with Crippen LogP contribution in [0.5, 0.6) is 0 Å². The molecule has 17 heavy (non-hydrogen) atoms. The Morgan fingerprint density at radius 1 is 1.24 bits per heavy atom. The van der Waals surface area contributed by atoms with E-state index in [1.807, 2.05) is 6.33 Å². The number of ether oxygens (including phenoxy) is 2. The van der Waals surface area contributed by atoms with Crippen molar-refractivity contribution in [3.63, 3.8) is 0 Å². The molecule has 1 rings (SSSR count). The molecule has 0 saturated heterocycles. The van der Waals surface area contributed by atoms with Gasteiger partial charge in [0.1, 0.15) is 0 Å². The first-order valence-electron chi connectivity index (χ1n) is 6.06. The first-order chi connectivity index (χ1) is 8.36. The number of nitrogens with zero attached hydrogens (tertiary/aromatic N) is 2. The van der Waals surface area contributed by atoms with Crippen LogP contribution in [0, 0.1) is 0 Å². The minimum atomic E-state index is 0.734. The smallest absolute Gasteiger partial charge is 0.0949 e. The maximum atomic E-state index is 5.01. The lowest BCUT2D eigenvalue weighted by Gasteiger charge is -2.02. The van der Waals surface area contributed by atoms with Gasteiger partial charge in [-0.2, -0.15) is 0 Å². The molecule has 1 N–H and O–H groups in total. The molecule has 0 aliphatic heterocycles. The highest BCUT2D eigenvalue weighted by molar-refractivity contribution is 4.95. The average Bonchev–Trinajstić information content (AvgIpc) is 2.78. The zero-order chi connectivity index (χ0) is 12.3. The van der Waals surface area contributed by atoms with E-state index >= 15 is 0 Å². The summed E-state index contributed by atoms with van der Waals surface area (Å²) in [5, 5.41) is 3.27. The van der Waals surface area contributed by atoms with Gasteiger partial charge >= 0.3 is 0 Å². The van der Waals surface area contributed by atoms with Crippen LogP contribution < -0.4 is 5.32 Å². The molecule has 0 unspecified atom stereocenters. The van der Waals surface area contributed by atoms with Crippen molar-refractivity contribution in [3.8, 4) is 0 Å². The molecule has 0 atom stereocenters. The molecule has 0 aliphatic rings. The Morgan fingerprint density at radius 2 is 2.06 bits per heavy atom. The fourth-order valence-electron chi connectivity index (χ4n) is 1.55. The summed E-state index contributed by atoms with van der Waals surface area (Å²) in [6.45, 7) is 4.23. The van der Waals surface area contributed by atoms with Crippen LogP contribution in [-0.2, 0) is 22.6 Å². The van der Waals surface area contributed by atoms with E-state index in [9.17, 15) is 0 Å². The molecule has 0 amide bonds. The van der Waals surface area contributed by atoms with Gasteiger partial charge in [0.25, 0.3) is 0 Å². The summed E-state index contributed by atoms with van der Waals surface area (Å²) in [5.74, 6) is 0. The van der Waals surface area contributed by atoms with Gasteiger partial charge < -0.3 is 19.4 Å². The highest BCUT2D eigenvalue weighted by atomic mass is 16.5. The van der Waals surface area contributed by atoms with Gasteiger partial charge in [0.15, 0.2) is 0 Å². The molecule has 0 bridgehead atoms. The molecule has 5 heteroatoms. The van der Waals surface area contributed by atoms with Gasteiger partial charge in [-0.25, -0.2) is 4.98 Å². The zero-order valence-corrected chi connectivity index (χ0v) is 10.8. The molecular weight excluding hydrogens is 218 g/mol.